The van der Waals surface area contributed by atoms with Crippen molar-refractivity contribution < 1.29 is 0 Å². The third kappa shape index (κ3) is 3.35. The van der Waals surface area contributed by atoms with E-state index in [1.807, 2.05) is 0 Å². The topological polar surface area (TPSA) is 12.0 Å². The van der Waals surface area contributed by atoms with Gasteiger partial charge in [-0.05, 0) is 62.7 Å². The van der Waals surface area contributed by atoms with Crippen LogP contribution in [0.5, 0.6) is 0 Å². The van der Waals surface area contributed by atoms with Gasteiger partial charge in [-0.1, -0.05) is 39.0 Å². The van der Waals surface area contributed by atoms with E-state index in [1.165, 1.54) is 70.6 Å². The first-order valence-electron chi connectivity index (χ1n) is 9.06. The van der Waals surface area contributed by atoms with Crippen molar-refractivity contribution in [2.75, 3.05) is 0 Å². The van der Waals surface area contributed by atoms with E-state index in [2.05, 4.69) is 12.2 Å². The van der Waals surface area contributed by atoms with Gasteiger partial charge in [-0.15, -0.1) is 0 Å². The first-order chi connectivity index (χ1) is 9.30. The van der Waals surface area contributed by atoms with Crippen molar-refractivity contribution in [2.45, 2.75) is 102 Å². The van der Waals surface area contributed by atoms with Crippen molar-refractivity contribution in [3.63, 3.8) is 0 Å². The normalized spacial score (nSPS) is 35.8. The van der Waals surface area contributed by atoms with Crippen molar-refractivity contribution in [1.29, 1.82) is 0 Å². The monoisotopic (exact) mass is 263 g/mol. The van der Waals surface area contributed by atoms with Crippen molar-refractivity contribution in [2.24, 2.45) is 11.3 Å². The van der Waals surface area contributed by atoms with Crippen LogP contribution in [-0.2, 0) is 0 Å². The Kier molecular flexibility index (Phi) is 4.51. The molecule has 0 saturated heterocycles. The third-order valence-electron chi connectivity index (χ3n) is 6.54. The van der Waals surface area contributed by atoms with Crippen molar-refractivity contribution >= 4 is 0 Å². The third-order valence-corrected chi connectivity index (χ3v) is 6.54. The second-order valence-electron chi connectivity index (χ2n) is 7.79. The molecule has 0 bridgehead atoms. The maximum Gasteiger partial charge on any atom is 0.00722 e. The SMILES string of the molecule is CCC1CCCC(NC2CCC3(CCCC3)CC2)C1. The molecule has 1 N–H and O–H groups in total. The van der Waals surface area contributed by atoms with Gasteiger partial charge in [0, 0.05) is 12.1 Å². The van der Waals surface area contributed by atoms with E-state index >= 15 is 0 Å². The summed E-state index contributed by atoms with van der Waals surface area (Å²) in [6.07, 6.45) is 19.3. The average Bonchev–Trinajstić information content (AvgIpc) is 2.90. The first-order valence-corrected chi connectivity index (χ1v) is 9.06. The summed E-state index contributed by atoms with van der Waals surface area (Å²) in [5.41, 5.74) is 0.802. The zero-order valence-electron chi connectivity index (χ0n) is 12.9. The molecular formula is C18H33N. The van der Waals surface area contributed by atoms with E-state index in [0.717, 1.165) is 23.4 Å². The lowest BCUT2D eigenvalue weighted by molar-refractivity contribution is 0.152. The van der Waals surface area contributed by atoms with Crippen LogP contribution in [-0.4, -0.2) is 12.1 Å². The van der Waals surface area contributed by atoms with Crippen LogP contribution in [0.25, 0.3) is 0 Å². The second kappa shape index (κ2) is 6.16. The zero-order chi connectivity index (χ0) is 13.1. The molecule has 0 aromatic heterocycles. The van der Waals surface area contributed by atoms with E-state index in [9.17, 15) is 0 Å². The molecule has 0 aliphatic heterocycles. The Labute approximate surface area is 119 Å². The van der Waals surface area contributed by atoms with Gasteiger partial charge in [-0.2, -0.15) is 0 Å². The molecule has 3 aliphatic rings. The van der Waals surface area contributed by atoms with Crippen LogP contribution in [0.1, 0.15) is 90.4 Å². The fourth-order valence-electron chi connectivity index (χ4n) is 5.17. The first kappa shape index (κ1) is 13.9. The Balaban J connectivity index is 1.44. The summed E-state index contributed by atoms with van der Waals surface area (Å²) in [7, 11) is 0. The highest BCUT2D eigenvalue weighted by Gasteiger charge is 2.37. The predicted octanol–water partition coefficient (Wildman–Crippen LogP) is 5.05. The minimum atomic E-state index is 0.802. The molecule has 3 aliphatic carbocycles. The molecule has 2 atom stereocenters. The van der Waals surface area contributed by atoms with Gasteiger partial charge in [0.25, 0.3) is 0 Å². The molecule has 0 heterocycles. The summed E-state index contributed by atoms with van der Waals surface area (Å²) in [6.45, 7) is 2.37. The Hall–Kier alpha value is -0.0400. The second-order valence-corrected chi connectivity index (χ2v) is 7.79. The maximum atomic E-state index is 4.03. The van der Waals surface area contributed by atoms with Crippen LogP contribution in [0, 0.1) is 11.3 Å². The van der Waals surface area contributed by atoms with Crippen molar-refractivity contribution in [1.82, 2.24) is 5.32 Å². The highest BCUT2D eigenvalue weighted by molar-refractivity contribution is 4.92. The zero-order valence-corrected chi connectivity index (χ0v) is 12.9. The molecule has 3 rings (SSSR count). The molecule has 19 heavy (non-hydrogen) atoms. The largest absolute Gasteiger partial charge is 0.311 e. The van der Waals surface area contributed by atoms with Gasteiger partial charge in [0.1, 0.15) is 0 Å². The number of hydrogen-bond acceptors (Lipinski definition) is 1. The molecule has 3 fully saturated rings. The van der Waals surface area contributed by atoms with Gasteiger partial charge >= 0.3 is 0 Å². The molecule has 1 spiro atoms. The van der Waals surface area contributed by atoms with E-state index in [1.54, 1.807) is 12.8 Å². The predicted molar refractivity (Wildman–Crippen MR) is 82.3 cm³/mol. The lowest BCUT2D eigenvalue weighted by Crippen LogP contribution is -2.44. The van der Waals surface area contributed by atoms with Crippen LogP contribution >= 0.6 is 0 Å². The quantitative estimate of drug-likeness (QED) is 0.751. The molecule has 0 amide bonds. The van der Waals surface area contributed by atoms with Gasteiger partial charge in [-0.25, -0.2) is 0 Å². The fourth-order valence-corrected chi connectivity index (χ4v) is 5.17. The molecule has 3 saturated carbocycles. The van der Waals surface area contributed by atoms with Gasteiger partial charge in [0.15, 0.2) is 0 Å². The highest BCUT2D eigenvalue weighted by Crippen LogP contribution is 2.49. The standard InChI is InChI=1S/C18H33N/c1-2-15-6-5-7-17(14-15)19-16-8-12-18(13-9-16)10-3-4-11-18/h15-17,19H,2-14H2,1H3. The van der Waals surface area contributed by atoms with Crippen LogP contribution in [0.4, 0.5) is 0 Å². The molecular weight excluding hydrogens is 230 g/mol. The Morgan fingerprint density at radius 3 is 2.26 bits per heavy atom. The molecule has 0 radical (unpaired) electrons. The van der Waals surface area contributed by atoms with Gasteiger partial charge in [-0.3, -0.25) is 0 Å². The van der Waals surface area contributed by atoms with E-state index < -0.39 is 0 Å². The van der Waals surface area contributed by atoms with E-state index in [0.29, 0.717) is 0 Å². The molecule has 1 nitrogen and oxygen atoms in total. The molecule has 110 valence electrons. The molecule has 0 aromatic rings. The van der Waals surface area contributed by atoms with Gasteiger partial charge in [0.05, 0.1) is 0 Å². The van der Waals surface area contributed by atoms with Crippen LogP contribution < -0.4 is 5.32 Å². The minimum absolute atomic E-state index is 0.802. The summed E-state index contributed by atoms with van der Waals surface area (Å²) >= 11 is 0. The van der Waals surface area contributed by atoms with Gasteiger partial charge in [0.2, 0.25) is 0 Å². The number of rotatable bonds is 3. The summed E-state index contributed by atoms with van der Waals surface area (Å²) in [5.74, 6) is 1.01. The van der Waals surface area contributed by atoms with Crippen LogP contribution in [0.3, 0.4) is 0 Å². The summed E-state index contributed by atoms with van der Waals surface area (Å²) in [4.78, 5) is 0. The Morgan fingerprint density at radius 1 is 0.842 bits per heavy atom. The summed E-state index contributed by atoms with van der Waals surface area (Å²) in [6, 6.07) is 1.70. The molecule has 0 aromatic carbocycles. The number of hydrogen-bond donors (Lipinski definition) is 1. The smallest absolute Gasteiger partial charge is 0.00722 e. The average molecular weight is 263 g/mol. The highest BCUT2D eigenvalue weighted by atomic mass is 15.0. The van der Waals surface area contributed by atoms with Gasteiger partial charge < -0.3 is 5.32 Å². The van der Waals surface area contributed by atoms with E-state index in [4.69, 9.17) is 0 Å². The fraction of sp³-hybridized carbons (Fsp3) is 1.00. The van der Waals surface area contributed by atoms with E-state index in [-0.39, 0.29) is 0 Å². The van der Waals surface area contributed by atoms with Crippen LogP contribution in [0.2, 0.25) is 0 Å². The Morgan fingerprint density at radius 2 is 1.58 bits per heavy atom. The lowest BCUT2D eigenvalue weighted by atomic mass is 9.71. The summed E-state index contributed by atoms with van der Waals surface area (Å²) < 4.78 is 0. The van der Waals surface area contributed by atoms with Crippen molar-refractivity contribution in [3.05, 3.63) is 0 Å². The Bertz CT molecular complexity index is 269. The lowest BCUT2D eigenvalue weighted by Gasteiger charge is -2.40. The molecule has 1 heteroatoms. The molecule has 2 unspecified atom stereocenters. The summed E-state index contributed by atoms with van der Waals surface area (Å²) in [5, 5.41) is 4.03. The number of nitrogens with one attached hydrogen (secondary N) is 1. The minimum Gasteiger partial charge on any atom is -0.311 e. The maximum absolute atomic E-state index is 4.03. The van der Waals surface area contributed by atoms with Crippen LogP contribution in [0.15, 0.2) is 0 Å². The van der Waals surface area contributed by atoms with Crippen molar-refractivity contribution in [3.8, 4) is 0 Å².